The maximum absolute atomic E-state index is 11.9. The topological polar surface area (TPSA) is 138 Å². The molecular formula is C34H48O10. The van der Waals surface area contributed by atoms with Crippen LogP contribution in [0.25, 0.3) is 0 Å². The molecule has 0 aromatic heterocycles. The Morgan fingerprint density at radius 2 is 1.43 bits per heavy atom. The molecule has 1 aromatic carbocycles. The molecule has 44 heavy (non-hydrogen) atoms. The van der Waals surface area contributed by atoms with Crippen LogP contribution in [0.15, 0.2) is 47.1 Å². The van der Waals surface area contributed by atoms with Gasteiger partial charge in [-0.15, -0.1) is 0 Å². The van der Waals surface area contributed by atoms with E-state index in [1.165, 1.54) is 23.6 Å². The third-order valence-electron chi connectivity index (χ3n) is 7.08. The quantitative estimate of drug-likeness (QED) is 0.155. The summed E-state index contributed by atoms with van der Waals surface area (Å²) in [5, 5.41) is 21.6. The van der Waals surface area contributed by atoms with Gasteiger partial charge in [0.2, 0.25) is 6.29 Å². The van der Waals surface area contributed by atoms with Crippen LogP contribution in [0.3, 0.4) is 0 Å². The molecule has 2 rings (SSSR count). The number of aryl methyl sites for hydroxylation is 1. The summed E-state index contributed by atoms with van der Waals surface area (Å²) < 4.78 is 27.8. The Bertz CT molecular complexity index is 1240. The Hall–Kier alpha value is -3.63. The van der Waals surface area contributed by atoms with Crippen LogP contribution in [0.5, 0.6) is 11.5 Å². The highest BCUT2D eigenvalue weighted by molar-refractivity contribution is 5.68. The number of benzene rings is 1. The van der Waals surface area contributed by atoms with Crippen LogP contribution in [-0.2, 0) is 39.8 Å². The number of phenols is 1. The maximum Gasteiger partial charge on any atom is 0.303 e. The number of aliphatic hydroxyl groups is 1. The van der Waals surface area contributed by atoms with Crippen molar-refractivity contribution in [3.63, 3.8) is 0 Å². The van der Waals surface area contributed by atoms with E-state index in [1.54, 1.807) is 19.1 Å². The second kappa shape index (κ2) is 17.6. The largest absolute Gasteiger partial charge is 0.508 e. The van der Waals surface area contributed by atoms with Gasteiger partial charge in [0.25, 0.3) is 0 Å². The zero-order chi connectivity index (χ0) is 33.0. The Balaban J connectivity index is 2.26. The number of carbonyl (C=O) groups is 3. The summed E-state index contributed by atoms with van der Waals surface area (Å²) in [4.78, 5) is 35.3. The van der Waals surface area contributed by atoms with Crippen LogP contribution in [0.4, 0.5) is 0 Å². The predicted molar refractivity (Wildman–Crippen MR) is 165 cm³/mol. The smallest absolute Gasteiger partial charge is 0.303 e. The fraction of sp³-hybridized carbons (Fsp3) is 0.559. The molecule has 1 heterocycles. The molecule has 0 saturated carbocycles. The highest BCUT2D eigenvalue weighted by atomic mass is 16.7. The Labute approximate surface area is 260 Å². The summed E-state index contributed by atoms with van der Waals surface area (Å²) in [6.45, 7) is 13.3. The first kappa shape index (κ1) is 36.6. The van der Waals surface area contributed by atoms with Crippen molar-refractivity contribution in [3.05, 3.63) is 58.2 Å². The third-order valence-corrected chi connectivity index (χ3v) is 7.08. The number of phenolic OH excluding ortho intramolecular Hbond substituents is 1. The van der Waals surface area contributed by atoms with Crippen molar-refractivity contribution in [1.29, 1.82) is 0 Å². The Morgan fingerprint density at radius 1 is 0.841 bits per heavy atom. The van der Waals surface area contributed by atoms with E-state index >= 15 is 0 Å². The number of ether oxygens (including phenoxy) is 5. The average molecular weight is 617 g/mol. The summed E-state index contributed by atoms with van der Waals surface area (Å²) in [6, 6.07) is 3.22. The molecule has 10 nitrogen and oxygen atoms in total. The molecule has 2 N–H and O–H groups in total. The van der Waals surface area contributed by atoms with Gasteiger partial charge in [-0.3, -0.25) is 14.4 Å². The van der Waals surface area contributed by atoms with Crippen molar-refractivity contribution in [3.8, 4) is 11.5 Å². The lowest BCUT2D eigenvalue weighted by Crippen LogP contribution is -2.62. The zero-order valence-electron chi connectivity index (χ0n) is 27.2. The lowest BCUT2D eigenvalue weighted by atomic mass is 9.98. The molecule has 1 aliphatic rings. The van der Waals surface area contributed by atoms with E-state index in [2.05, 4.69) is 39.0 Å². The lowest BCUT2D eigenvalue weighted by molar-refractivity contribution is -0.285. The number of hydrogen-bond acceptors (Lipinski definition) is 10. The van der Waals surface area contributed by atoms with Crippen molar-refractivity contribution >= 4 is 17.9 Å². The van der Waals surface area contributed by atoms with E-state index in [4.69, 9.17) is 23.7 Å². The summed E-state index contributed by atoms with van der Waals surface area (Å²) in [7, 11) is 0. The van der Waals surface area contributed by atoms with E-state index in [0.717, 1.165) is 39.5 Å². The van der Waals surface area contributed by atoms with Crippen molar-refractivity contribution in [2.24, 2.45) is 0 Å². The van der Waals surface area contributed by atoms with Crippen LogP contribution in [0, 0.1) is 6.92 Å². The van der Waals surface area contributed by atoms with Crippen LogP contribution in [0.2, 0.25) is 0 Å². The maximum atomic E-state index is 11.9. The molecule has 10 heteroatoms. The molecule has 1 saturated heterocycles. The van der Waals surface area contributed by atoms with Gasteiger partial charge < -0.3 is 33.9 Å². The summed E-state index contributed by atoms with van der Waals surface area (Å²) in [5.41, 5.74) is 5.02. The highest BCUT2D eigenvalue weighted by Crippen LogP contribution is 2.33. The molecule has 244 valence electrons. The number of rotatable bonds is 14. The van der Waals surface area contributed by atoms with Crippen molar-refractivity contribution in [2.75, 3.05) is 6.61 Å². The summed E-state index contributed by atoms with van der Waals surface area (Å²) in [5.74, 6) is -1.61. The van der Waals surface area contributed by atoms with Gasteiger partial charge in [-0.2, -0.15) is 0 Å². The van der Waals surface area contributed by atoms with Gasteiger partial charge in [0.05, 0.1) is 0 Å². The molecule has 0 amide bonds. The normalized spacial score (nSPS) is 22.2. The van der Waals surface area contributed by atoms with Gasteiger partial charge in [-0.25, -0.2) is 0 Å². The molecule has 0 unspecified atom stereocenters. The minimum atomic E-state index is -1.57. The van der Waals surface area contributed by atoms with E-state index in [0.29, 0.717) is 23.3 Å². The first-order valence-electron chi connectivity index (χ1n) is 14.9. The molecule has 0 bridgehead atoms. The Kier molecular flexibility index (Phi) is 14.6. The van der Waals surface area contributed by atoms with Gasteiger partial charge in [0, 0.05) is 26.3 Å². The number of hydrogen-bond donors (Lipinski definition) is 2. The zero-order valence-corrected chi connectivity index (χ0v) is 27.2. The minimum absolute atomic E-state index is 0.0823. The SMILES string of the molecule is CC(=O)OC[C@H]1O[C@@H](Oc2cc(C)c(O)cc2C/C=C(\C)CC/C=C(\C)CCC=C(C)C)[C@H](O)[C@@H](OC(C)=O)[C@H]1OC(C)=O. The van der Waals surface area contributed by atoms with Crippen LogP contribution in [-0.4, -0.2) is 65.4 Å². The van der Waals surface area contributed by atoms with E-state index in [-0.39, 0.29) is 12.4 Å². The molecule has 0 radical (unpaired) electrons. The molecule has 1 aliphatic heterocycles. The standard InChI is InChI=1S/C34H48O10/c1-20(2)11-9-12-21(3)13-10-14-22(4)15-16-27-18-28(38)23(5)17-29(27)43-34-31(39)33(42-26(8)37)32(41-25(7)36)30(44-34)19-40-24(6)35/h11,13,15,17-18,30-34,38-39H,9-10,12,14,16,19H2,1-8H3/b21-13+,22-15+/t30-,31-,32+,33-,34-/m1/s1. The number of aromatic hydroxyl groups is 1. The second-order valence-corrected chi connectivity index (χ2v) is 11.5. The molecule has 1 aromatic rings. The molecular weight excluding hydrogens is 568 g/mol. The summed E-state index contributed by atoms with van der Waals surface area (Å²) >= 11 is 0. The fourth-order valence-electron chi connectivity index (χ4n) is 4.72. The second-order valence-electron chi connectivity index (χ2n) is 11.5. The monoisotopic (exact) mass is 616 g/mol. The van der Waals surface area contributed by atoms with Gasteiger partial charge in [0.15, 0.2) is 18.3 Å². The van der Waals surface area contributed by atoms with Gasteiger partial charge >= 0.3 is 17.9 Å². The first-order chi connectivity index (χ1) is 20.7. The first-order valence-corrected chi connectivity index (χ1v) is 14.9. The number of allylic oxidation sites excluding steroid dienone is 6. The highest BCUT2D eigenvalue weighted by Gasteiger charge is 2.51. The van der Waals surface area contributed by atoms with E-state index in [1.807, 2.05) is 6.92 Å². The lowest BCUT2D eigenvalue weighted by Gasteiger charge is -2.42. The van der Waals surface area contributed by atoms with Crippen molar-refractivity contribution in [1.82, 2.24) is 0 Å². The number of aliphatic hydroxyl groups excluding tert-OH is 1. The van der Waals surface area contributed by atoms with Gasteiger partial charge in [-0.05, 0) is 84.4 Å². The molecule has 0 aliphatic carbocycles. The minimum Gasteiger partial charge on any atom is -0.508 e. The Morgan fingerprint density at radius 3 is 2.02 bits per heavy atom. The van der Waals surface area contributed by atoms with Crippen LogP contribution >= 0.6 is 0 Å². The van der Waals surface area contributed by atoms with E-state index < -0.39 is 48.6 Å². The van der Waals surface area contributed by atoms with Crippen molar-refractivity contribution < 1.29 is 48.3 Å². The predicted octanol–water partition coefficient (Wildman–Crippen LogP) is 5.55. The van der Waals surface area contributed by atoms with E-state index in [9.17, 15) is 24.6 Å². The molecule has 0 spiro atoms. The molecule has 1 fully saturated rings. The third kappa shape index (κ3) is 12.2. The van der Waals surface area contributed by atoms with Gasteiger partial charge in [-0.1, -0.05) is 34.9 Å². The molecule has 5 atom stereocenters. The van der Waals surface area contributed by atoms with Gasteiger partial charge in [0.1, 0.15) is 24.2 Å². The number of carbonyl (C=O) groups excluding carboxylic acids is 3. The fourth-order valence-corrected chi connectivity index (χ4v) is 4.72. The van der Waals surface area contributed by atoms with Crippen molar-refractivity contribution in [2.45, 2.75) is 118 Å². The van der Waals surface area contributed by atoms with Crippen LogP contribution < -0.4 is 4.74 Å². The number of esters is 3. The summed E-state index contributed by atoms with van der Waals surface area (Å²) in [6.07, 6.45) is 4.17. The average Bonchev–Trinajstić information content (AvgIpc) is 2.91. The van der Waals surface area contributed by atoms with Crippen LogP contribution in [0.1, 0.15) is 85.3 Å².